The molecule has 2 rings (SSSR count). The summed E-state index contributed by atoms with van der Waals surface area (Å²) in [5.74, 6) is -0.203. The average molecular weight is 326 g/mol. The maximum Gasteiger partial charge on any atom is 0.243 e. The Hall–Kier alpha value is -1.44. The molecule has 1 heterocycles. The molecule has 0 aromatic heterocycles. The van der Waals surface area contributed by atoms with Gasteiger partial charge in [-0.15, -0.1) is 0 Å². The lowest BCUT2D eigenvalue weighted by molar-refractivity contribution is -0.126. The lowest BCUT2D eigenvalue weighted by Gasteiger charge is -2.30. The van der Waals surface area contributed by atoms with Crippen molar-refractivity contribution in [2.24, 2.45) is 5.92 Å². The second-order valence-electron chi connectivity index (χ2n) is 5.36. The second kappa shape index (κ2) is 7.71. The Morgan fingerprint density at radius 2 is 1.86 bits per heavy atom. The van der Waals surface area contributed by atoms with Crippen molar-refractivity contribution in [2.75, 3.05) is 26.2 Å². The van der Waals surface area contributed by atoms with Crippen LogP contribution < -0.4 is 5.32 Å². The highest BCUT2D eigenvalue weighted by Gasteiger charge is 2.31. The van der Waals surface area contributed by atoms with E-state index in [1.54, 1.807) is 30.3 Å². The van der Waals surface area contributed by atoms with Gasteiger partial charge in [-0.3, -0.25) is 4.79 Å². The van der Waals surface area contributed by atoms with Gasteiger partial charge in [-0.1, -0.05) is 18.2 Å². The second-order valence-corrected chi connectivity index (χ2v) is 7.30. The first-order valence-electron chi connectivity index (χ1n) is 7.49. The zero-order chi connectivity index (χ0) is 16.0. The van der Waals surface area contributed by atoms with Gasteiger partial charge in [-0.05, 0) is 31.4 Å². The maximum absolute atomic E-state index is 12.5. The minimum atomic E-state index is -3.46. The van der Waals surface area contributed by atoms with E-state index in [9.17, 15) is 13.2 Å². The molecule has 7 heteroatoms. The fourth-order valence-corrected chi connectivity index (χ4v) is 4.03. The Bertz CT molecular complexity index is 581. The molecule has 1 saturated heterocycles. The van der Waals surface area contributed by atoms with Crippen molar-refractivity contribution in [1.29, 1.82) is 0 Å². The molecule has 0 atom stereocenters. The van der Waals surface area contributed by atoms with Crippen molar-refractivity contribution >= 4 is 15.9 Å². The lowest BCUT2D eigenvalue weighted by Crippen LogP contribution is -2.43. The van der Waals surface area contributed by atoms with Crippen LogP contribution in [0.15, 0.2) is 35.2 Å². The van der Waals surface area contributed by atoms with E-state index in [-0.39, 0.29) is 18.4 Å². The molecule has 0 spiro atoms. The number of sulfonamides is 1. The number of carbonyl (C=O) groups excluding carboxylic acids is 1. The number of piperidine rings is 1. The molecule has 2 N–H and O–H groups in total. The zero-order valence-corrected chi connectivity index (χ0v) is 13.3. The molecule has 1 aromatic carbocycles. The average Bonchev–Trinajstić information content (AvgIpc) is 2.56. The van der Waals surface area contributed by atoms with Crippen molar-refractivity contribution in [3.8, 4) is 0 Å². The Morgan fingerprint density at radius 3 is 2.45 bits per heavy atom. The van der Waals surface area contributed by atoms with Crippen molar-refractivity contribution in [3.05, 3.63) is 30.3 Å². The number of aliphatic hydroxyl groups excluding tert-OH is 1. The summed E-state index contributed by atoms with van der Waals surface area (Å²) in [6.45, 7) is 1.22. The third-order valence-electron chi connectivity index (χ3n) is 3.84. The molecule has 0 saturated carbocycles. The molecule has 22 heavy (non-hydrogen) atoms. The fourth-order valence-electron chi connectivity index (χ4n) is 2.53. The number of rotatable bonds is 6. The minimum Gasteiger partial charge on any atom is -0.396 e. The van der Waals surface area contributed by atoms with Crippen molar-refractivity contribution in [2.45, 2.75) is 24.2 Å². The molecule has 1 aromatic rings. The van der Waals surface area contributed by atoms with Crippen molar-refractivity contribution in [1.82, 2.24) is 9.62 Å². The standard InChI is InChI=1S/C15H22N2O4S/c18-12-4-9-16-15(19)13-7-10-17(11-8-13)22(20,21)14-5-2-1-3-6-14/h1-3,5-6,13,18H,4,7-12H2,(H,16,19). The number of hydrogen-bond donors (Lipinski definition) is 2. The Labute approximate surface area is 131 Å². The van der Waals surface area contributed by atoms with Gasteiger partial charge in [0.25, 0.3) is 0 Å². The fraction of sp³-hybridized carbons (Fsp3) is 0.533. The monoisotopic (exact) mass is 326 g/mol. The summed E-state index contributed by atoms with van der Waals surface area (Å²) in [6.07, 6.45) is 1.58. The molecule has 1 aliphatic rings. The molecule has 0 aliphatic carbocycles. The van der Waals surface area contributed by atoms with Crippen molar-refractivity contribution in [3.63, 3.8) is 0 Å². The zero-order valence-electron chi connectivity index (χ0n) is 12.4. The summed E-state index contributed by atoms with van der Waals surface area (Å²) in [6, 6.07) is 8.36. The topological polar surface area (TPSA) is 86.7 Å². The Morgan fingerprint density at radius 1 is 1.23 bits per heavy atom. The SMILES string of the molecule is O=C(NCCCO)C1CCN(S(=O)(=O)c2ccccc2)CC1. The summed E-state index contributed by atoms with van der Waals surface area (Å²) < 4.78 is 26.4. The summed E-state index contributed by atoms with van der Waals surface area (Å²) >= 11 is 0. The molecular formula is C15H22N2O4S. The first-order valence-corrected chi connectivity index (χ1v) is 8.93. The molecule has 0 unspecified atom stereocenters. The van der Waals surface area contributed by atoms with E-state index in [1.807, 2.05) is 0 Å². The van der Waals surface area contributed by atoms with Crippen LogP contribution >= 0.6 is 0 Å². The summed E-state index contributed by atoms with van der Waals surface area (Å²) in [5.41, 5.74) is 0. The number of carbonyl (C=O) groups is 1. The van der Waals surface area contributed by atoms with E-state index in [4.69, 9.17) is 5.11 Å². The quantitative estimate of drug-likeness (QED) is 0.749. The van der Waals surface area contributed by atoms with Gasteiger partial charge in [0, 0.05) is 32.2 Å². The predicted octanol–water partition coefficient (Wildman–Crippen LogP) is 0.586. The molecule has 1 amide bonds. The number of hydrogen-bond acceptors (Lipinski definition) is 4. The van der Waals surface area contributed by atoms with Crippen LogP contribution in [0.5, 0.6) is 0 Å². The number of benzene rings is 1. The maximum atomic E-state index is 12.5. The predicted molar refractivity (Wildman–Crippen MR) is 82.6 cm³/mol. The third kappa shape index (κ3) is 4.06. The first-order chi connectivity index (χ1) is 10.6. The molecule has 6 nitrogen and oxygen atoms in total. The van der Waals surface area contributed by atoms with Gasteiger partial charge in [0.1, 0.15) is 0 Å². The highest BCUT2D eigenvalue weighted by atomic mass is 32.2. The smallest absolute Gasteiger partial charge is 0.243 e. The molecule has 1 aliphatic heterocycles. The van der Waals surface area contributed by atoms with E-state index >= 15 is 0 Å². The summed E-state index contributed by atoms with van der Waals surface area (Å²) in [5, 5.41) is 11.5. The highest BCUT2D eigenvalue weighted by molar-refractivity contribution is 7.89. The molecule has 122 valence electrons. The van der Waals surface area contributed by atoms with Crippen LogP contribution in [-0.2, 0) is 14.8 Å². The van der Waals surface area contributed by atoms with Gasteiger partial charge >= 0.3 is 0 Å². The van der Waals surface area contributed by atoms with Gasteiger partial charge in [0.15, 0.2) is 0 Å². The van der Waals surface area contributed by atoms with E-state index in [2.05, 4.69) is 5.32 Å². The van der Waals surface area contributed by atoms with Crippen LogP contribution in [0.2, 0.25) is 0 Å². The van der Waals surface area contributed by atoms with E-state index < -0.39 is 10.0 Å². The normalized spacial score (nSPS) is 17.3. The molecule has 1 fully saturated rings. The summed E-state index contributed by atoms with van der Waals surface area (Å²) in [4.78, 5) is 12.2. The van der Waals surface area contributed by atoms with E-state index in [0.29, 0.717) is 43.8 Å². The molecule has 0 radical (unpaired) electrons. The van der Waals surface area contributed by atoms with E-state index in [1.165, 1.54) is 4.31 Å². The van der Waals surface area contributed by atoms with E-state index in [0.717, 1.165) is 0 Å². The van der Waals surface area contributed by atoms with Crippen LogP contribution in [0.1, 0.15) is 19.3 Å². The molecule has 0 bridgehead atoms. The number of nitrogens with zero attached hydrogens (tertiary/aromatic N) is 1. The Kier molecular flexibility index (Phi) is 5.93. The highest BCUT2D eigenvalue weighted by Crippen LogP contribution is 2.23. The summed E-state index contributed by atoms with van der Waals surface area (Å²) in [7, 11) is -3.46. The van der Waals surface area contributed by atoms with Gasteiger partial charge in [0.05, 0.1) is 4.90 Å². The number of aliphatic hydroxyl groups is 1. The van der Waals surface area contributed by atoms with Crippen LogP contribution in [0.3, 0.4) is 0 Å². The van der Waals surface area contributed by atoms with Gasteiger partial charge < -0.3 is 10.4 Å². The third-order valence-corrected chi connectivity index (χ3v) is 5.75. The van der Waals surface area contributed by atoms with Gasteiger partial charge in [0.2, 0.25) is 15.9 Å². The van der Waals surface area contributed by atoms with Gasteiger partial charge in [-0.2, -0.15) is 4.31 Å². The van der Waals surface area contributed by atoms with Gasteiger partial charge in [-0.25, -0.2) is 8.42 Å². The molecular weight excluding hydrogens is 304 g/mol. The lowest BCUT2D eigenvalue weighted by atomic mass is 9.97. The largest absolute Gasteiger partial charge is 0.396 e. The van der Waals surface area contributed by atoms with Crippen LogP contribution in [0, 0.1) is 5.92 Å². The first kappa shape index (κ1) is 16.9. The van der Waals surface area contributed by atoms with Crippen LogP contribution in [-0.4, -0.2) is 50.0 Å². The number of amides is 1. The van der Waals surface area contributed by atoms with Crippen LogP contribution in [0.4, 0.5) is 0 Å². The van der Waals surface area contributed by atoms with Crippen LogP contribution in [0.25, 0.3) is 0 Å². The minimum absolute atomic E-state index is 0.0496. The number of nitrogens with one attached hydrogen (secondary N) is 1. The van der Waals surface area contributed by atoms with Crippen molar-refractivity contribution < 1.29 is 18.3 Å². The Balaban J connectivity index is 1.91.